The lowest BCUT2D eigenvalue weighted by atomic mass is 9.88. The van der Waals surface area contributed by atoms with Crippen molar-refractivity contribution >= 4 is 57.3 Å². The molecule has 194 valence electrons. The minimum atomic E-state index is -0.480. The number of halogens is 1. The molecule has 1 aliphatic rings. The van der Waals surface area contributed by atoms with Gasteiger partial charge in [-0.15, -0.1) is 23.1 Å². The topological polar surface area (TPSA) is 71.1 Å². The van der Waals surface area contributed by atoms with E-state index in [-0.39, 0.29) is 17.7 Å². The molecular formula is C30H28ClN3O2S2. The Bertz CT molecular complexity index is 1390. The van der Waals surface area contributed by atoms with Crippen molar-refractivity contribution in [2.24, 2.45) is 5.92 Å². The SMILES string of the molecule is O=C(Nc1ccc(SC(C(=O)Nc2nc(-c3ccccc3Cl)cs2)c2ccccc2)cc1)C1CCCCC1. The van der Waals surface area contributed by atoms with Gasteiger partial charge in [0.25, 0.3) is 0 Å². The molecule has 5 nitrogen and oxygen atoms in total. The highest BCUT2D eigenvalue weighted by Crippen LogP contribution is 2.38. The predicted octanol–water partition coefficient (Wildman–Crippen LogP) is 8.45. The van der Waals surface area contributed by atoms with Crippen LogP contribution in [0.15, 0.2) is 89.1 Å². The van der Waals surface area contributed by atoms with Gasteiger partial charge in [0, 0.05) is 32.5 Å². The van der Waals surface area contributed by atoms with Gasteiger partial charge in [0.15, 0.2) is 5.13 Å². The fourth-order valence-electron chi connectivity index (χ4n) is 4.56. The van der Waals surface area contributed by atoms with Crippen LogP contribution in [-0.2, 0) is 9.59 Å². The minimum absolute atomic E-state index is 0.103. The van der Waals surface area contributed by atoms with Crippen LogP contribution in [0.2, 0.25) is 5.02 Å². The lowest BCUT2D eigenvalue weighted by molar-refractivity contribution is -0.120. The third-order valence-corrected chi connectivity index (χ3v) is 8.93. The number of carbonyl (C=O) groups is 2. The second-order valence-corrected chi connectivity index (χ2v) is 11.7. The summed E-state index contributed by atoms with van der Waals surface area (Å²) in [5, 5.41) is 8.60. The highest BCUT2D eigenvalue weighted by Gasteiger charge is 2.24. The number of thiazole rings is 1. The highest BCUT2D eigenvalue weighted by atomic mass is 35.5. The van der Waals surface area contributed by atoms with Crippen molar-refractivity contribution in [2.45, 2.75) is 42.2 Å². The van der Waals surface area contributed by atoms with Crippen molar-refractivity contribution in [3.05, 3.63) is 94.8 Å². The Morgan fingerprint density at radius 2 is 1.61 bits per heavy atom. The van der Waals surface area contributed by atoms with E-state index in [1.807, 2.05) is 84.2 Å². The molecule has 3 aromatic carbocycles. The largest absolute Gasteiger partial charge is 0.326 e. The summed E-state index contributed by atoms with van der Waals surface area (Å²) in [6, 6.07) is 24.9. The average molecular weight is 562 g/mol. The summed E-state index contributed by atoms with van der Waals surface area (Å²) in [5.41, 5.74) is 3.23. The molecule has 1 aromatic heterocycles. The molecule has 0 bridgehead atoms. The molecule has 0 spiro atoms. The number of hydrogen-bond donors (Lipinski definition) is 2. The molecule has 2 N–H and O–H groups in total. The number of nitrogens with zero attached hydrogens (tertiary/aromatic N) is 1. The normalized spacial score (nSPS) is 14.6. The van der Waals surface area contributed by atoms with Gasteiger partial charge in [-0.3, -0.25) is 9.59 Å². The van der Waals surface area contributed by atoms with Crippen molar-refractivity contribution in [2.75, 3.05) is 10.6 Å². The molecule has 8 heteroatoms. The number of benzene rings is 3. The van der Waals surface area contributed by atoms with Crippen molar-refractivity contribution in [3.8, 4) is 11.3 Å². The van der Waals surface area contributed by atoms with Crippen LogP contribution in [0.4, 0.5) is 10.8 Å². The van der Waals surface area contributed by atoms with Gasteiger partial charge in [-0.1, -0.05) is 79.4 Å². The molecule has 2 amide bonds. The number of anilines is 2. The maximum absolute atomic E-state index is 13.5. The third kappa shape index (κ3) is 6.65. The van der Waals surface area contributed by atoms with Gasteiger partial charge in [0.2, 0.25) is 11.8 Å². The first-order chi connectivity index (χ1) is 18.6. The van der Waals surface area contributed by atoms with Crippen molar-refractivity contribution < 1.29 is 9.59 Å². The van der Waals surface area contributed by atoms with Crippen LogP contribution in [0.1, 0.15) is 42.9 Å². The quantitative estimate of drug-likeness (QED) is 0.212. The summed E-state index contributed by atoms with van der Waals surface area (Å²) in [7, 11) is 0. The van der Waals surface area contributed by atoms with Crippen LogP contribution in [0.3, 0.4) is 0 Å². The minimum Gasteiger partial charge on any atom is -0.326 e. The molecule has 0 radical (unpaired) electrons. The summed E-state index contributed by atoms with van der Waals surface area (Å²) < 4.78 is 0. The van der Waals surface area contributed by atoms with E-state index < -0.39 is 5.25 Å². The fourth-order valence-corrected chi connectivity index (χ4v) is 6.53. The number of carbonyl (C=O) groups excluding carboxylic acids is 2. The van der Waals surface area contributed by atoms with E-state index in [9.17, 15) is 9.59 Å². The number of amides is 2. The Hall–Kier alpha value is -3.13. The Labute approximate surface area is 236 Å². The Morgan fingerprint density at radius 3 is 2.34 bits per heavy atom. The number of nitrogens with one attached hydrogen (secondary N) is 2. The van der Waals surface area contributed by atoms with E-state index in [1.165, 1.54) is 29.5 Å². The molecule has 1 unspecified atom stereocenters. The first-order valence-corrected chi connectivity index (χ1v) is 14.8. The van der Waals surface area contributed by atoms with E-state index in [0.29, 0.717) is 10.2 Å². The molecular weight excluding hydrogens is 534 g/mol. The van der Waals surface area contributed by atoms with Gasteiger partial charge in [0.05, 0.1) is 5.69 Å². The third-order valence-electron chi connectivity index (χ3n) is 6.58. The maximum Gasteiger partial charge on any atom is 0.244 e. The summed E-state index contributed by atoms with van der Waals surface area (Å²) in [6.07, 6.45) is 5.40. The van der Waals surface area contributed by atoms with Crippen LogP contribution in [0, 0.1) is 5.92 Å². The van der Waals surface area contributed by atoms with Crippen LogP contribution in [0.5, 0.6) is 0 Å². The molecule has 4 aromatic rings. The first-order valence-electron chi connectivity index (χ1n) is 12.7. The van der Waals surface area contributed by atoms with E-state index in [1.54, 1.807) is 0 Å². The molecule has 38 heavy (non-hydrogen) atoms. The molecule has 1 heterocycles. The molecule has 0 saturated heterocycles. The Kier molecular flexibility index (Phi) is 8.79. The van der Waals surface area contributed by atoms with Gasteiger partial charge in [0.1, 0.15) is 5.25 Å². The predicted molar refractivity (Wildman–Crippen MR) is 158 cm³/mol. The van der Waals surface area contributed by atoms with Gasteiger partial charge in [-0.05, 0) is 48.7 Å². The molecule has 0 aliphatic heterocycles. The van der Waals surface area contributed by atoms with Gasteiger partial charge in [-0.2, -0.15) is 0 Å². The van der Waals surface area contributed by atoms with Crippen molar-refractivity contribution in [3.63, 3.8) is 0 Å². The average Bonchev–Trinajstić information content (AvgIpc) is 3.41. The highest BCUT2D eigenvalue weighted by molar-refractivity contribution is 8.00. The van der Waals surface area contributed by atoms with Crippen molar-refractivity contribution in [1.82, 2.24) is 4.98 Å². The lowest BCUT2D eigenvalue weighted by Gasteiger charge is -2.21. The van der Waals surface area contributed by atoms with Gasteiger partial charge >= 0.3 is 0 Å². The van der Waals surface area contributed by atoms with E-state index in [2.05, 4.69) is 15.6 Å². The number of thioether (sulfide) groups is 1. The van der Waals surface area contributed by atoms with Crippen LogP contribution in [-0.4, -0.2) is 16.8 Å². The number of aromatic nitrogens is 1. The lowest BCUT2D eigenvalue weighted by Crippen LogP contribution is -2.24. The second-order valence-electron chi connectivity index (χ2n) is 9.26. The summed E-state index contributed by atoms with van der Waals surface area (Å²) in [5.74, 6) is 0.0513. The van der Waals surface area contributed by atoms with Crippen molar-refractivity contribution in [1.29, 1.82) is 0 Å². The summed E-state index contributed by atoms with van der Waals surface area (Å²) >= 11 is 9.15. The fraction of sp³-hybridized carbons (Fsp3) is 0.233. The molecule has 1 aliphatic carbocycles. The second kappa shape index (κ2) is 12.6. The molecule has 1 atom stereocenters. The maximum atomic E-state index is 13.5. The van der Waals surface area contributed by atoms with Gasteiger partial charge in [-0.25, -0.2) is 4.98 Å². The van der Waals surface area contributed by atoms with E-state index in [0.717, 1.165) is 53.1 Å². The standard InChI is InChI=1S/C30H28ClN3O2S2/c31-25-14-8-7-13-24(25)26-19-37-30(33-26)34-29(36)27(20-9-3-1-4-10-20)38-23-17-15-22(16-18-23)32-28(35)21-11-5-2-6-12-21/h1,3-4,7-10,13-19,21,27H,2,5-6,11-12H2,(H,32,35)(H,33,34,36). The summed E-state index contributed by atoms with van der Waals surface area (Å²) in [6.45, 7) is 0. The van der Waals surface area contributed by atoms with Crippen LogP contribution in [0.25, 0.3) is 11.3 Å². The first kappa shape index (κ1) is 26.5. The molecule has 5 rings (SSSR count). The zero-order valence-corrected chi connectivity index (χ0v) is 23.1. The smallest absolute Gasteiger partial charge is 0.244 e. The monoisotopic (exact) mass is 561 g/mol. The summed E-state index contributed by atoms with van der Waals surface area (Å²) in [4.78, 5) is 31.6. The Morgan fingerprint density at radius 1 is 0.895 bits per heavy atom. The number of rotatable bonds is 8. The van der Waals surface area contributed by atoms with Crippen LogP contribution >= 0.6 is 34.7 Å². The van der Waals surface area contributed by atoms with E-state index in [4.69, 9.17) is 11.6 Å². The van der Waals surface area contributed by atoms with Gasteiger partial charge < -0.3 is 10.6 Å². The Balaban J connectivity index is 1.28. The zero-order valence-electron chi connectivity index (χ0n) is 20.7. The van der Waals surface area contributed by atoms with E-state index >= 15 is 0 Å². The number of hydrogen-bond acceptors (Lipinski definition) is 5. The molecule has 1 fully saturated rings. The van der Waals surface area contributed by atoms with Crippen LogP contribution < -0.4 is 10.6 Å². The zero-order chi connectivity index (χ0) is 26.3. The molecule has 1 saturated carbocycles.